The number of carbonyl (C=O) groups excluding carboxylic acids is 1. The van der Waals surface area contributed by atoms with E-state index < -0.39 is 17.9 Å². The minimum Gasteiger partial charge on any atom is -0.480 e. The Morgan fingerprint density at radius 1 is 0.973 bits per heavy atom. The predicted octanol–water partition coefficient (Wildman–Crippen LogP) is 5.09. The van der Waals surface area contributed by atoms with Gasteiger partial charge in [0.05, 0.1) is 0 Å². The van der Waals surface area contributed by atoms with Gasteiger partial charge in [0.15, 0.2) is 0 Å². The molecule has 0 radical (unpaired) electrons. The zero-order valence-corrected chi connectivity index (χ0v) is 21.6. The van der Waals surface area contributed by atoms with Gasteiger partial charge in [0.25, 0.3) is 11.8 Å². The quantitative estimate of drug-likeness (QED) is 0.276. The number of amides is 1. The van der Waals surface area contributed by atoms with Gasteiger partial charge in [-0.1, -0.05) is 62.3 Å². The number of hydrogen-bond donors (Lipinski definition) is 3. The summed E-state index contributed by atoms with van der Waals surface area (Å²) < 4.78 is 5.39. The molecule has 0 saturated heterocycles. The summed E-state index contributed by atoms with van der Waals surface area (Å²) in [7, 11) is 0. The van der Waals surface area contributed by atoms with Gasteiger partial charge < -0.3 is 14.9 Å². The normalized spacial score (nSPS) is 12.2. The van der Waals surface area contributed by atoms with Crippen LogP contribution in [0.25, 0.3) is 22.8 Å². The summed E-state index contributed by atoms with van der Waals surface area (Å²) in [5, 5.41) is 21.9. The highest BCUT2D eigenvalue weighted by atomic mass is 32.2. The Bertz CT molecular complexity index is 1380. The Hall–Kier alpha value is -3.95. The molecule has 1 atom stereocenters. The molecule has 0 fully saturated rings. The van der Waals surface area contributed by atoms with Gasteiger partial charge in [-0.15, -0.1) is 0 Å². The zero-order chi connectivity index (χ0) is 26.6. The van der Waals surface area contributed by atoms with Crippen LogP contribution in [0, 0.1) is 0 Å². The van der Waals surface area contributed by atoms with Crippen molar-refractivity contribution in [3.63, 3.8) is 0 Å². The van der Waals surface area contributed by atoms with Crippen molar-refractivity contribution in [3.05, 3.63) is 89.5 Å². The summed E-state index contributed by atoms with van der Waals surface area (Å²) in [4.78, 5) is 29.9. The van der Waals surface area contributed by atoms with Gasteiger partial charge in [0.1, 0.15) is 6.04 Å². The molecule has 37 heavy (non-hydrogen) atoms. The van der Waals surface area contributed by atoms with E-state index >= 15 is 0 Å². The van der Waals surface area contributed by atoms with E-state index in [1.807, 2.05) is 36.4 Å². The van der Waals surface area contributed by atoms with E-state index in [4.69, 9.17) is 9.66 Å². The van der Waals surface area contributed by atoms with Crippen LogP contribution in [0.4, 0.5) is 0 Å². The van der Waals surface area contributed by atoms with Gasteiger partial charge in [-0.2, -0.15) is 4.98 Å². The second-order valence-corrected chi connectivity index (χ2v) is 10.4. The first-order valence-corrected chi connectivity index (χ1v) is 12.6. The maximum atomic E-state index is 12.7. The van der Waals surface area contributed by atoms with Crippen LogP contribution in [0.5, 0.6) is 0 Å². The van der Waals surface area contributed by atoms with Crippen LogP contribution >= 0.6 is 11.9 Å². The van der Waals surface area contributed by atoms with Crippen LogP contribution in [-0.2, 0) is 16.6 Å². The number of nitrogens with two attached hydrogens (primary N) is 1. The number of rotatable bonds is 8. The van der Waals surface area contributed by atoms with Gasteiger partial charge in [-0.25, -0.2) is 4.79 Å². The third-order valence-corrected chi connectivity index (χ3v) is 6.48. The predicted molar refractivity (Wildman–Crippen MR) is 143 cm³/mol. The molecule has 190 valence electrons. The molecule has 1 aromatic heterocycles. The maximum absolute atomic E-state index is 12.7. The van der Waals surface area contributed by atoms with Crippen molar-refractivity contribution in [1.82, 2.24) is 15.5 Å². The second kappa shape index (κ2) is 11.0. The highest BCUT2D eigenvalue weighted by molar-refractivity contribution is 7.97. The number of nitrogens with zero attached hydrogens (tertiary/aromatic N) is 2. The molecular weight excluding hydrogens is 488 g/mol. The molecule has 0 aliphatic heterocycles. The molecule has 0 aliphatic rings. The summed E-state index contributed by atoms with van der Waals surface area (Å²) in [5.74, 6) is -0.732. The Morgan fingerprint density at radius 3 is 2.16 bits per heavy atom. The Kier molecular flexibility index (Phi) is 7.75. The minimum atomic E-state index is -1.11. The standard InChI is InChI=1S/C28H28N4O4S/c1-28(2,3)21-12-8-19(9-13-21)25(33)30-23(27(34)35)16-17-4-6-18(7-5-17)24-31-26(36-32-24)20-10-14-22(37-29)15-11-20/h4-15,23H,16,29H2,1-3H3,(H,30,33)(H,34,35). The number of carboxylic acid groups (broad SMARTS) is 1. The van der Waals surface area contributed by atoms with Crippen molar-refractivity contribution in [3.8, 4) is 22.8 Å². The molecule has 1 amide bonds. The number of benzene rings is 3. The summed E-state index contributed by atoms with van der Waals surface area (Å²) >= 11 is 1.16. The number of nitrogens with one attached hydrogen (secondary N) is 1. The summed E-state index contributed by atoms with van der Waals surface area (Å²) in [5.41, 5.74) is 3.72. The lowest BCUT2D eigenvalue weighted by atomic mass is 9.86. The molecule has 4 N–H and O–H groups in total. The number of aliphatic carboxylic acids is 1. The summed E-state index contributed by atoms with van der Waals surface area (Å²) in [6.07, 6.45) is 0.129. The smallest absolute Gasteiger partial charge is 0.326 e. The van der Waals surface area contributed by atoms with E-state index in [2.05, 4.69) is 36.2 Å². The molecule has 4 rings (SSSR count). The molecule has 3 aromatic carbocycles. The fraction of sp³-hybridized carbons (Fsp3) is 0.214. The molecular formula is C28H28N4O4S. The molecule has 0 saturated carbocycles. The van der Waals surface area contributed by atoms with Crippen LogP contribution in [0.15, 0.2) is 82.2 Å². The van der Waals surface area contributed by atoms with Crippen molar-refractivity contribution >= 4 is 23.8 Å². The molecule has 0 spiro atoms. The molecule has 4 aromatic rings. The zero-order valence-electron chi connectivity index (χ0n) is 20.8. The lowest BCUT2D eigenvalue weighted by molar-refractivity contribution is -0.139. The van der Waals surface area contributed by atoms with Gasteiger partial charge in [0, 0.05) is 28.0 Å². The number of aromatic nitrogens is 2. The summed E-state index contributed by atoms with van der Waals surface area (Å²) in [6, 6.07) is 20.8. The minimum absolute atomic E-state index is 0.0385. The average Bonchev–Trinajstić information content (AvgIpc) is 3.38. The number of carbonyl (C=O) groups is 2. The number of carboxylic acids is 1. The fourth-order valence-electron chi connectivity index (χ4n) is 3.72. The monoisotopic (exact) mass is 516 g/mol. The van der Waals surface area contributed by atoms with Crippen LogP contribution in [0.3, 0.4) is 0 Å². The van der Waals surface area contributed by atoms with Gasteiger partial charge >= 0.3 is 5.97 Å². The van der Waals surface area contributed by atoms with Crippen molar-refractivity contribution in [2.45, 2.75) is 43.5 Å². The number of hydrogen-bond acceptors (Lipinski definition) is 7. The maximum Gasteiger partial charge on any atom is 0.326 e. The topological polar surface area (TPSA) is 131 Å². The third-order valence-electron chi connectivity index (χ3n) is 5.93. The largest absolute Gasteiger partial charge is 0.480 e. The third kappa shape index (κ3) is 6.44. The van der Waals surface area contributed by atoms with Gasteiger partial charge in [0.2, 0.25) is 5.82 Å². The lowest BCUT2D eigenvalue weighted by Gasteiger charge is -2.19. The van der Waals surface area contributed by atoms with Crippen molar-refractivity contribution in [2.24, 2.45) is 5.14 Å². The van der Waals surface area contributed by atoms with Crippen molar-refractivity contribution in [2.75, 3.05) is 0 Å². The van der Waals surface area contributed by atoms with Gasteiger partial charge in [-0.05, 0) is 64.9 Å². The van der Waals surface area contributed by atoms with E-state index in [0.29, 0.717) is 17.3 Å². The Labute approximate surface area is 219 Å². The van der Waals surface area contributed by atoms with Crippen molar-refractivity contribution < 1.29 is 19.2 Å². The van der Waals surface area contributed by atoms with E-state index in [1.165, 1.54) is 0 Å². The first kappa shape index (κ1) is 26.1. The van der Waals surface area contributed by atoms with E-state index in [-0.39, 0.29) is 11.8 Å². The van der Waals surface area contributed by atoms with E-state index in [0.717, 1.165) is 39.1 Å². The second-order valence-electron chi connectivity index (χ2n) is 9.66. The molecule has 9 heteroatoms. The highest BCUT2D eigenvalue weighted by Gasteiger charge is 2.22. The molecule has 1 unspecified atom stereocenters. The first-order chi connectivity index (χ1) is 17.6. The molecule has 0 bridgehead atoms. The van der Waals surface area contributed by atoms with Crippen molar-refractivity contribution in [1.29, 1.82) is 0 Å². The van der Waals surface area contributed by atoms with Crippen LogP contribution in [0.2, 0.25) is 0 Å². The average molecular weight is 517 g/mol. The molecule has 8 nitrogen and oxygen atoms in total. The highest BCUT2D eigenvalue weighted by Crippen LogP contribution is 2.25. The van der Waals surface area contributed by atoms with Crippen LogP contribution in [0.1, 0.15) is 42.3 Å². The Balaban J connectivity index is 1.42. The fourth-order valence-corrected chi connectivity index (χ4v) is 4.02. The lowest BCUT2D eigenvalue weighted by Crippen LogP contribution is -2.42. The van der Waals surface area contributed by atoms with Crippen LogP contribution < -0.4 is 10.5 Å². The summed E-state index contributed by atoms with van der Waals surface area (Å²) in [6.45, 7) is 6.27. The Morgan fingerprint density at radius 2 is 1.59 bits per heavy atom. The van der Waals surface area contributed by atoms with E-state index in [1.54, 1.807) is 36.4 Å². The van der Waals surface area contributed by atoms with E-state index in [9.17, 15) is 14.7 Å². The molecule has 1 heterocycles. The SMILES string of the molecule is CC(C)(C)c1ccc(C(=O)NC(Cc2ccc(-c3noc(-c4ccc(SN)cc4)n3)cc2)C(=O)O)cc1. The van der Waals surface area contributed by atoms with Gasteiger partial charge in [-0.3, -0.25) is 9.93 Å². The first-order valence-electron chi connectivity index (χ1n) is 11.7. The van der Waals surface area contributed by atoms with Crippen LogP contribution in [-0.4, -0.2) is 33.2 Å². The molecule has 0 aliphatic carbocycles.